The Balaban J connectivity index is 1.53. The second kappa shape index (κ2) is 9.69. The highest BCUT2D eigenvalue weighted by Crippen LogP contribution is 2.25. The molecule has 0 aromatic heterocycles. The highest BCUT2D eigenvalue weighted by atomic mass is 19.3. The van der Waals surface area contributed by atoms with Crippen LogP contribution in [0, 0.1) is 5.92 Å². The van der Waals surface area contributed by atoms with E-state index in [0.29, 0.717) is 11.3 Å². The minimum absolute atomic E-state index is 0.0234. The summed E-state index contributed by atoms with van der Waals surface area (Å²) in [5.41, 5.74) is 2.22. The molecular weight excluding hydrogens is 376 g/mol. The zero-order valence-electron chi connectivity index (χ0n) is 16.8. The fraction of sp³-hybridized carbons (Fsp3) is 0.409. The molecule has 1 heterocycles. The van der Waals surface area contributed by atoms with Gasteiger partial charge in [-0.15, -0.1) is 0 Å². The summed E-state index contributed by atoms with van der Waals surface area (Å²) >= 11 is 0. The molecule has 2 aromatic rings. The quantitative estimate of drug-likeness (QED) is 0.748. The molecule has 1 N–H and O–H groups in total. The molecule has 0 bridgehead atoms. The van der Waals surface area contributed by atoms with Gasteiger partial charge in [-0.3, -0.25) is 4.79 Å². The molecule has 1 saturated heterocycles. The van der Waals surface area contributed by atoms with Crippen LogP contribution in [0.5, 0.6) is 5.75 Å². The number of hydrogen-bond donors (Lipinski definition) is 1. The summed E-state index contributed by atoms with van der Waals surface area (Å²) in [6.07, 6.45) is 2.36. The van der Waals surface area contributed by atoms with Crippen molar-refractivity contribution in [3.63, 3.8) is 0 Å². The summed E-state index contributed by atoms with van der Waals surface area (Å²) in [4.78, 5) is 17.0. The molecule has 5 nitrogen and oxygen atoms in total. The second-order valence-electron chi connectivity index (χ2n) is 7.60. The third kappa shape index (κ3) is 6.15. The number of amides is 1. The number of carbonyl (C=O) groups is 1. The number of piperidine rings is 1. The van der Waals surface area contributed by atoms with E-state index in [1.807, 2.05) is 24.3 Å². The van der Waals surface area contributed by atoms with Crippen LogP contribution >= 0.6 is 0 Å². The van der Waals surface area contributed by atoms with Crippen LogP contribution in [0.4, 0.5) is 20.2 Å². The Morgan fingerprint density at radius 2 is 1.72 bits per heavy atom. The lowest BCUT2D eigenvalue weighted by atomic mass is 9.96. The molecule has 0 atom stereocenters. The van der Waals surface area contributed by atoms with Crippen molar-refractivity contribution in [3.05, 3.63) is 54.1 Å². The number of halogens is 2. The Labute approximate surface area is 170 Å². The summed E-state index contributed by atoms with van der Waals surface area (Å²) in [5.74, 6) is 0.471. The highest BCUT2D eigenvalue weighted by molar-refractivity contribution is 6.04. The number of alkyl halides is 2. The minimum Gasteiger partial charge on any atom is -0.435 e. The van der Waals surface area contributed by atoms with Gasteiger partial charge >= 0.3 is 6.61 Å². The normalized spacial score (nSPS) is 15.0. The van der Waals surface area contributed by atoms with Crippen LogP contribution in [0.3, 0.4) is 0 Å². The number of hydrogen-bond acceptors (Lipinski definition) is 4. The van der Waals surface area contributed by atoms with Gasteiger partial charge in [0.2, 0.25) is 0 Å². The van der Waals surface area contributed by atoms with Crippen LogP contribution in [-0.4, -0.2) is 51.1 Å². The Kier molecular flexibility index (Phi) is 7.04. The molecule has 7 heteroatoms. The third-order valence-corrected chi connectivity index (χ3v) is 5.07. The van der Waals surface area contributed by atoms with Gasteiger partial charge in [0.05, 0.1) is 0 Å². The molecule has 1 aliphatic rings. The molecule has 3 rings (SSSR count). The smallest absolute Gasteiger partial charge is 0.387 e. The fourth-order valence-corrected chi connectivity index (χ4v) is 3.64. The zero-order chi connectivity index (χ0) is 20.8. The number of carbonyl (C=O) groups excluding carboxylic acids is 1. The maximum atomic E-state index is 12.3. The van der Waals surface area contributed by atoms with E-state index in [1.165, 1.54) is 37.1 Å². The maximum absolute atomic E-state index is 12.3. The molecular formula is C22H27F2N3O2. The van der Waals surface area contributed by atoms with Gasteiger partial charge in [-0.25, -0.2) is 0 Å². The number of benzene rings is 2. The number of anilines is 2. The van der Waals surface area contributed by atoms with Crippen LogP contribution in [0.15, 0.2) is 48.5 Å². The molecule has 156 valence electrons. The van der Waals surface area contributed by atoms with Gasteiger partial charge in [0, 0.05) is 36.6 Å². The molecule has 0 aliphatic carbocycles. The van der Waals surface area contributed by atoms with Crippen molar-refractivity contribution in [3.8, 4) is 5.75 Å². The van der Waals surface area contributed by atoms with Gasteiger partial charge in [-0.2, -0.15) is 8.78 Å². The van der Waals surface area contributed by atoms with Crippen LogP contribution in [0.1, 0.15) is 23.2 Å². The van der Waals surface area contributed by atoms with E-state index in [-0.39, 0.29) is 11.7 Å². The van der Waals surface area contributed by atoms with Crippen LogP contribution < -0.4 is 15.0 Å². The average molecular weight is 403 g/mol. The first-order chi connectivity index (χ1) is 13.9. The van der Waals surface area contributed by atoms with Gasteiger partial charge in [-0.1, -0.05) is 0 Å². The van der Waals surface area contributed by atoms with E-state index in [9.17, 15) is 13.6 Å². The molecule has 1 fully saturated rings. The molecule has 1 amide bonds. The summed E-state index contributed by atoms with van der Waals surface area (Å²) in [5, 5.41) is 2.83. The summed E-state index contributed by atoms with van der Waals surface area (Å²) < 4.78 is 28.7. The minimum atomic E-state index is -2.88. The second-order valence-corrected chi connectivity index (χ2v) is 7.60. The molecule has 2 aromatic carbocycles. The lowest BCUT2D eigenvalue weighted by Crippen LogP contribution is -2.37. The van der Waals surface area contributed by atoms with Gasteiger partial charge in [0.15, 0.2) is 0 Å². The van der Waals surface area contributed by atoms with Crippen molar-refractivity contribution in [2.45, 2.75) is 19.5 Å². The van der Waals surface area contributed by atoms with E-state index in [2.05, 4.69) is 33.9 Å². The first-order valence-corrected chi connectivity index (χ1v) is 9.76. The molecule has 29 heavy (non-hydrogen) atoms. The first kappa shape index (κ1) is 21.0. The standard InChI is InChI=1S/C22H27F2N3O2/c1-26(2)15-16-11-13-27(14-12-16)19-7-5-18(6-8-19)25-21(28)17-3-9-20(10-4-17)29-22(23)24/h3-10,16,22H,11-15H2,1-2H3,(H,25,28). The largest absolute Gasteiger partial charge is 0.435 e. The van der Waals surface area contributed by atoms with Crippen molar-refractivity contribution in [2.24, 2.45) is 5.92 Å². The van der Waals surface area contributed by atoms with Gasteiger partial charge in [0.25, 0.3) is 5.91 Å². The van der Waals surface area contributed by atoms with E-state index in [0.717, 1.165) is 31.2 Å². The first-order valence-electron chi connectivity index (χ1n) is 9.76. The van der Waals surface area contributed by atoms with Gasteiger partial charge in [0.1, 0.15) is 5.75 Å². The number of rotatable bonds is 7. The summed E-state index contributed by atoms with van der Waals surface area (Å²) in [7, 11) is 4.23. The Morgan fingerprint density at radius 1 is 1.10 bits per heavy atom. The van der Waals surface area contributed by atoms with Crippen molar-refractivity contribution in [1.82, 2.24) is 4.90 Å². The number of ether oxygens (including phenoxy) is 1. The SMILES string of the molecule is CN(C)CC1CCN(c2ccc(NC(=O)c3ccc(OC(F)F)cc3)cc2)CC1. The van der Waals surface area contributed by atoms with E-state index in [1.54, 1.807) is 0 Å². The maximum Gasteiger partial charge on any atom is 0.387 e. The Hall–Kier alpha value is -2.67. The number of nitrogens with zero attached hydrogens (tertiary/aromatic N) is 2. The Bertz CT molecular complexity index is 787. The predicted molar refractivity (Wildman–Crippen MR) is 111 cm³/mol. The van der Waals surface area contributed by atoms with E-state index < -0.39 is 6.61 Å². The van der Waals surface area contributed by atoms with Crippen molar-refractivity contribution in [1.29, 1.82) is 0 Å². The lowest BCUT2D eigenvalue weighted by Gasteiger charge is -2.34. The molecule has 0 unspecified atom stereocenters. The molecule has 0 saturated carbocycles. The van der Waals surface area contributed by atoms with Crippen molar-refractivity contribution >= 4 is 17.3 Å². The Morgan fingerprint density at radius 3 is 2.28 bits per heavy atom. The van der Waals surface area contributed by atoms with E-state index in [4.69, 9.17) is 0 Å². The van der Waals surface area contributed by atoms with Gasteiger partial charge in [-0.05, 0) is 81.4 Å². The van der Waals surface area contributed by atoms with Crippen molar-refractivity contribution in [2.75, 3.05) is 43.9 Å². The van der Waals surface area contributed by atoms with Gasteiger partial charge < -0.3 is 19.9 Å². The number of nitrogens with one attached hydrogen (secondary N) is 1. The monoisotopic (exact) mass is 403 g/mol. The van der Waals surface area contributed by atoms with Crippen molar-refractivity contribution < 1.29 is 18.3 Å². The molecule has 1 aliphatic heterocycles. The fourth-order valence-electron chi connectivity index (χ4n) is 3.64. The molecule has 0 radical (unpaired) electrons. The third-order valence-electron chi connectivity index (χ3n) is 5.07. The topological polar surface area (TPSA) is 44.8 Å². The van der Waals surface area contributed by atoms with Crippen LogP contribution in [-0.2, 0) is 0 Å². The summed E-state index contributed by atoms with van der Waals surface area (Å²) in [6, 6.07) is 13.4. The van der Waals surface area contributed by atoms with Crippen LogP contribution in [0.25, 0.3) is 0 Å². The highest BCUT2D eigenvalue weighted by Gasteiger charge is 2.20. The zero-order valence-corrected chi connectivity index (χ0v) is 16.8. The van der Waals surface area contributed by atoms with E-state index >= 15 is 0 Å². The molecule has 0 spiro atoms. The van der Waals surface area contributed by atoms with Crippen LogP contribution in [0.2, 0.25) is 0 Å². The predicted octanol–water partition coefficient (Wildman–Crippen LogP) is 4.32. The average Bonchev–Trinajstić information content (AvgIpc) is 2.69. The summed E-state index contributed by atoms with van der Waals surface area (Å²) in [6.45, 7) is 0.328. The lowest BCUT2D eigenvalue weighted by molar-refractivity contribution is -0.0498.